The Morgan fingerprint density at radius 1 is 1.61 bits per heavy atom. The van der Waals surface area contributed by atoms with E-state index in [-0.39, 0.29) is 5.91 Å². The molecule has 1 N–H and O–H groups in total. The van der Waals surface area contributed by atoms with Crippen LogP contribution in [0.4, 0.5) is 0 Å². The summed E-state index contributed by atoms with van der Waals surface area (Å²) in [6.07, 6.45) is 3.41. The molecule has 0 radical (unpaired) electrons. The molecule has 98 valence electrons. The molecule has 0 saturated carbocycles. The Morgan fingerprint density at radius 2 is 2.33 bits per heavy atom. The van der Waals surface area contributed by atoms with Crippen molar-refractivity contribution in [2.45, 2.75) is 19.4 Å². The van der Waals surface area contributed by atoms with E-state index in [1.54, 1.807) is 22.7 Å². The average molecular weight is 270 g/mol. The third-order valence-electron chi connectivity index (χ3n) is 3.06. The van der Waals surface area contributed by atoms with Gasteiger partial charge in [0, 0.05) is 31.8 Å². The van der Waals surface area contributed by atoms with E-state index in [1.165, 1.54) is 6.08 Å². The first-order chi connectivity index (χ1) is 8.49. The first-order valence-electron chi connectivity index (χ1n) is 5.83. The number of carbonyl (C=O) groups excluding carboxylic acids is 1. The van der Waals surface area contributed by atoms with Gasteiger partial charge in [0.1, 0.15) is 5.15 Å². The number of aliphatic hydroxyl groups excluding tert-OH is 1. The largest absolute Gasteiger partial charge is 0.391 e. The third kappa shape index (κ3) is 2.57. The van der Waals surface area contributed by atoms with E-state index in [9.17, 15) is 9.90 Å². The molecule has 1 saturated heterocycles. The smallest absolute Gasteiger partial charge is 0.246 e. The summed E-state index contributed by atoms with van der Waals surface area (Å²) in [7, 11) is 1.76. The molecule has 1 aliphatic heterocycles. The van der Waals surface area contributed by atoms with Crippen LogP contribution < -0.4 is 0 Å². The molecule has 1 fully saturated rings. The van der Waals surface area contributed by atoms with Gasteiger partial charge in [0.2, 0.25) is 5.91 Å². The van der Waals surface area contributed by atoms with Crippen molar-refractivity contribution < 1.29 is 9.90 Å². The van der Waals surface area contributed by atoms with Crippen LogP contribution in [0, 0.1) is 6.92 Å². The van der Waals surface area contributed by atoms with Gasteiger partial charge in [0.25, 0.3) is 0 Å². The van der Waals surface area contributed by atoms with Crippen LogP contribution in [0.2, 0.25) is 5.15 Å². The van der Waals surface area contributed by atoms with Crippen molar-refractivity contribution in [1.29, 1.82) is 0 Å². The number of aliphatic hydroxyl groups is 1. The van der Waals surface area contributed by atoms with Gasteiger partial charge in [0.05, 0.1) is 11.8 Å². The number of aromatic nitrogens is 2. The van der Waals surface area contributed by atoms with Crippen LogP contribution in [-0.4, -0.2) is 44.9 Å². The summed E-state index contributed by atoms with van der Waals surface area (Å²) in [6, 6.07) is 0. The Labute approximate surface area is 111 Å². The first-order valence-corrected chi connectivity index (χ1v) is 6.21. The van der Waals surface area contributed by atoms with Crippen molar-refractivity contribution in [2.75, 3.05) is 13.1 Å². The molecule has 1 aromatic heterocycles. The number of nitrogens with zero attached hydrogens (tertiary/aromatic N) is 3. The number of halogens is 1. The molecular formula is C12H16ClN3O2. The van der Waals surface area contributed by atoms with Crippen LogP contribution in [-0.2, 0) is 11.8 Å². The molecule has 0 spiro atoms. The Kier molecular flexibility index (Phi) is 3.73. The van der Waals surface area contributed by atoms with E-state index in [4.69, 9.17) is 11.6 Å². The van der Waals surface area contributed by atoms with Crippen molar-refractivity contribution in [3.05, 3.63) is 22.5 Å². The van der Waals surface area contributed by atoms with E-state index >= 15 is 0 Å². The SMILES string of the molecule is Cc1nn(C)c(Cl)c1C=CC(=O)N1CC[C@H](O)C1. The second-order valence-electron chi connectivity index (χ2n) is 4.47. The quantitative estimate of drug-likeness (QED) is 0.815. The number of carbonyl (C=O) groups is 1. The monoisotopic (exact) mass is 269 g/mol. The van der Waals surface area contributed by atoms with Crippen LogP contribution in [0.1, 0.15) is 17.7 Å². The summed E-state index contributed by atoms with van der Waals surface area (Å²) < 4.78 is 1.57. The van der Waals surface area contributed by atoms with Crippen LogP contribution in [0.25, 0.3) is 6.08 Å². The minimum absolute atomic E-state index is 0.106. The molecule has 5 nitrogen and oxygen atoms in total. The first kappa shape index (κ1) is 13.1. The van der Waals surface area contributed by atoms with Gasteiger partial charge in [-0.25, -0.2) is 0 Å². The molecule has 0 aromatic carbocycles. The number of rotatable bonds is 2. The number of aryl methyl sites for hydroxylation is 2. The van der Waals surface area contributed by atoms with E-state index in [1.807, 2.05) is 6.92 Å². The van der Waals surface area contributed by atoms with Gasteiger partial charge in [0.15, 0.2) is 0 Å². The predicted octanol–water partition coefficient (Wildman–Crippen LogP) is 0.988. The molecule has 1 aromatic rings. The van der Waals surface area contributed by atoms with Gasteiger partial charge in [-0.15, -0.1) is 0 Å². The standard InChI is InChI=1S/C12H16ClN3O2/c1-8-10(12(13)15(2)14-8)3-4-11(18)16-6-5-9(17)7-16/h3-4,9,17H,5-7H2,1-2H3/t9-/m0/s1. The predicted molar refractivity (Wildman–Crippen MR) is 69.2 cm³/mol. The highest BCUT2D eigenvalue weighted by atomic mass is 35.5. The highest BCUT2D eigenvalue weighted by molar-refractivity contribution is 6.31. The van der Waals surface area contributed by atoms with Crippen molar-refractivity contribution in [3.8, 4) is 0 Å². The molecule has 2 heterocycles. The van der Waals surface area contributed by atoms with E-state index in [0.717, 1.165) is 11.3 Å². The molecule has 0 bridgehead atoms. The fourth-order valence-corrected chi connectivity index (χ4v) is 2.28. The summed E-state index contributed by atoms with van der Waals surface area (Å²) in [6.45, 7) is 2.85. The summed E-state index contributed by atoms with van der Waals surface area (Å²) in [5.41, 5.74) is 1.54. The number of hydrogen-bond acceptors (Lipinski definition) is 3. The number of amides is 1. The zero-order valence-corrected chi connectivity index (χ0v) is 11.2. The van der Waals surface area contributed by atoms with Crippen molar-refractivity contribution in [2.24, 2.45) is 7.05 Å². The number of β-amino-alcohol motifs (C(OH)–C–C–N with tert-alkyl or cyclic N) is 1. The van der Waals surface area contributed by atoms with Gasteiger partial charge in [-0.2, -0.15) is 5.10 Å². The fourth-order valence-electron chi connectivity index (χ4n) is 2.04. The highest BCUT2D eigenvalue weighted by Gasteiger charge is 2.22. The lowest BCUT2D eigenvalue weighted by atomic mass is 10.2. The Hall–Kier alpha value is -1.33. The summed E-state index contributed by atoms with van der Waals surface area (Å²) in [4.78, 5) is 13.5. The van der Waals surface area contributed by atoms with E-state index in [2.05, 4.69) is 5.10 Å². The van der Waals surface area contributed by atoms with Crippen LogP contribution >= 0.6 is 11.6 Å². The Morgan fingerprint density at radius 3 is 2.83 bits per heavy atom. The fraction of sp³-hybridized carbons (Fsp3) is 0.500. The maximum absolute atomic E-state index is 11.9. The zero-order chi connectivity index (χ0) is 13.3. The van der Waals surface area contributed by atoms with Gasteiger partial charge in [-0.1, -0.05) is 11.6 Å². The van der Waals surface area contributed by atoms with Crippen LogP contribution in [0.3, 0.4) is 0 Å². The molecule has 1 aliphatic rings. The van der Waals surface area contributed by atoms with Crippen molar-refractivity contribution in [3.63, 3.8) is 0 Å². The Balaban J connectivity index is 2.09. The summed E-state index contributed by atoms with van der Waals surface area (Å²) >= 11 is 6.06. The molecule has 2 rings (SSSR count). The minimum atomic E-state index is -0.397. The molecule has 1 amide bonds. The lowest BCUT2D eigenvalue weighted by Crippen LogP contribution is -2.27. The third-order valence-corrected chi connectivity index (χ3v) is 3.51. The maximum atomic E-state index is 11.9. The lowest BCUT2D eigenvalue weighted by molar-refractivity contribution is -0.125. The second kappa shape index (κ2) is 5.12. The summed E-state index contributed by atoms with van der Waals surface area (Å²) in [5.74, 6) is -0.106. The van der Waals surface area contributed by atoms with E-state index in [0.29, 0.717) is 24.7 Å². The molecule has 0 unspecified atom stereocenters. The van der Waals surface area contributed by atoms with Crippen molar-refractivity contribution in [1.82, 2.24) is 14.7 Å². The number of likely N-dealkylation sites (tertiary alicyclic amines) is 1. The lowest BCUT2D eigenvalue weighted by Gasteiger charge is -2.12. The molecular weight excluding hydrogens is 254 g/mol. The van der Waals surface area contributed by atoms with Gasteiger partial charge in [-0.05, 0) is 19.4 Å². The topological polar surface area (TPSA) is 58.4 Å². The second-order valence-corrected chi connectivity index (χ2v) is 4.83. The molecule has 1 atom stereocenters. The molecule has 6 heteroatoms. The van der Waals surface area contributed by atoms with Crippen LogP contribution in [0.5, 0.6) is 0 Å². The molecule has 18 heavy (non-hydrogen) atoms. The van der Waals surface area contributed by atoms with Gasteiger partial charge < -0.3 is 10.0 Å². The normalized spacial score (nSPS) is 20.0. The van der Waals surface area contributed by atoms with Crippen LogP contribution in [0.15, 0.2) is 6.08 Å². The maximum Gasteiger partial charge on any atom is 0.246 e. The van der Waals surface area contributed by atoms with Gasteiger partial charge >= 0.3 is 0 Å². The number of hydrogen-bond donors (Lipinski definition) is 1. The Bertz CT molecular complexity index is 496. The van der Waals surface area contributed by atoms with Crippen molar-refractivity contribution >= 4 is 23.6 Å². The summed E-state index contributed by atoms with van der Waals surface area (Å²) in [5, 5.41) is 14.1. The van der Waals surface area contributed by atoms with E-state index < -0.39 is 6.10 Å². The zero-order valence-electron chi connectivity index (χ0n) is 10.4. The van der Waals surface area contributed by atoms with Gasteiger partial charge in [-0.3, -0.25) is 9.48 Å². The minimum Gasteiger partial charge on any atom is -0.391 e. The molecule has 0 aliphatic carbocycles. The average Bonchev–Trinajstić information content (AvgIpc) is 2.83. The highest BCUT2D eigenvalue weighted by Crippen LogP contribution is 2.20.